The molecule has 0 saturated carbocycles. The molecule has 0 aliphatic heterocycles. The van der Waals surface area contributed by atoms with Crippen LogP contribution in [0.1, 0.15) is 17.2 Å². The highest BCUT2D eigenvalue weighted by atomic mass is 19.1. The lowest BCUT2D eigenvalue weighted by Gasteiger charge is -2.08. The van der Waals surface area contributed by atoms with Gasteiger partial charge in [0.2, 0.25) is 0 Å². The van der Waals surface area contributed by atoms with Crippen LogP contribution in [0.2, 0.25) is 0 Å². The fourth-order valence-electron chi connectivity index (χ4n) is 1.80. The van der Waals surface area contributed by atoms with Crippen molar-refractivity contribution in [3.8, 4) is 18.0 Å². The molecule has 0 atom stereocenters. The van der Waals surface area contributed by atoms with Gasteiger partial charge in [0, 0.05) is 6.07 Å². The van der Waals surface area contributed by atoms with Gasteiger partial charge in [-0.05, 0) is 31.9 Å². The second-order valence-electron chi connectivity index (χ2n) is 3.67. The summed E-state index contributed by atoms with van der Waals surface area (Å²) in [6, 6.07) is 3.41. The van der Waals surface area contributed by atoms with Crippen LogP contribution < -0.4 is 0 Å². The highest BCUT2D eigenvalue weighted by Crippen LogP contribution is 2.20. The van der Waals surface area contributed by atoms with E-state index in [4.69, 9.17) is 6.42 Å². The summed E-state index contributed by atoms with van der Waals surface area (Å²) in [7, 11) is 0. The van der Waals surface area contributed by atoms with Gasteiger partial charge in [-0.3, -0.25) is 4.57 Å². The Kier molecular flexibility index (Phi) is 2.68. The molecule has 2 rings (SSSR count). The predicted octanol–water partition coefficient (Wildman–Crippen LogP) is 2.75. The molecule has 0 unspecified atom stereocenters. The molecule has 1 aromatic carbocycles. The van der Waals surface area contributed by atoms with Gasteiger partial charge in [-0.15, -0.1) is 6.42 Å². The second kappa shape index (κ2) is 4.02. The van der Waals surface area contributed by atoms with Gasteiger partial charge in [-0.1, -0.05) is 0 Å². The lowest BCUT2D eigenvalue weighted by Crippen LogP contribution is -2.02. The van der Waals surface area contributed by atoms with Gasteiger partial charge in [0.25, 0.3) is 0 Å². The monoisotopic (exact) mass is 232 g/mol. The number of hydrogen-bond donors (Lipinski definition) is 0. The summed E-state index contributed by atoms with van der Waals surface area (Å²) in [5, 5.41) is 0. The van der Waals surface area contributed by atoms with Gasteiger partial charge >= 0.3 is 0 Å². The van der Waals surface area contributed by atoms with Crippen LogP contribution in [0.4, 0.5) is 8.78 Å². The third-order valence-corrected chi connectivity index (χ3v) is 2.56. The van der Waals surface area contributed by atoms with Crippen LogP contribution in [0.5, 0.6) is 0 Å². The number of aryl methyl sites for hydroxylation is 1. The topological polar surface area (TPSA) is 17.8 Å². The SMILES string of the molecule is C#Cc1nc(C)n(-c2ccc(F)cc2F)c1C. The average molecular weight is 232 g/mol. The number of nitrogens with zero attached hydrogens (tertiary/aromatic N) is 2. The van der Waals surface area contributed by atoms with Crippen molar-refractivity contribution >= 4 is 0 Å². The van der Waals surface area contributed by atoms with E-state index in [0.717, 1.165) is 6.07 Å². The smallest absolute Gasteiger partial charge is 0.150 e. The first kappa shape index (κ1) is 11.3. The average Bonchev–Trinajstić information content (AvgIpc) is 2.55. The first-order valence-corrected chi connectivity index (χ1v) is 5.02. The fraction of sp³-hybridized carbons (Fsp3) is 0.154. The van der Waals surface area contributed by atoms with Crippen molar-refractivity contribution in [1.29, 1.82) is 0 Å². The van der Waals surface area contributed by atoms with E-state index in [1.807, 2.05) is 0 Å². The Bertz CT molecular complexity index is 621. The molecule has 0 aliphatic rings. The molecule has 17 heavy (non-hydrogen) atoms. The van der Waals surface area contributed by atoms with Crippen molar-refractivity contribution in [2.45, 2.75) is 13.8 Å². The molecule has 2 aromatic rings. The molecule has 0 bridgehead atoms. The molecule has 1 heterocycles. The maximum atomic E-state index is 13.7. The van der Waals surface area contributed by atoms with Crippen LogP contribution in [0.3, 0.4) is 0 Å². The zero-order valence-electron chi connectivity index (χ0n) is 9.46. The zero-order valence-corrected chi connectivity index (χ0v) is 9.46. The number of halogens is 2. The van der Waals surface area contributed by atoms with Crippen molar-refractivity contribution in [3.63, 3.8) is 0 Å². The number of terminal acetylenes is 1. The normalized spacial score (nSPS) is 10.3. The van der Waals surface area contributed by atoms with E-state index in [2.05, 4.69) is 10.9 Å². The first-order valence-electron chi connectivity index (χ1n) is 5.02. The fourth-order valence-corrected chi connectivity index (χ4v) is 1.80. The minimum atomic E-state index is -0.642. The van der Waals surface area contributed by atoms with Crippen LogP contribution in [-0.4, -0.2) is 9.55 Å². The van der Waals surface area contributed by atoms with Crippen LogP contribution in [0.15, 0.2) is 18.2 Å². The molecular formula is C13H10F2N2. The maximum Gasteiger partial charge on any atom is 0.150 e. The molecular weight excluding hydrogens is 222 g/mol. The van der Waals surface area contributed by atoms with Crippen LogP contribution >= 0.6 is 0 Å². The number of hydrogen-bond acceptors (Lipinski definition) is 1. The quantitative estimate of drug-likeness (QED) is 0.691. The molecule has 0 amide bonds. The Balaban J connectivity index is 2.69. The van der Waals surface area contributed by atoms with E-state index in [9.17, 15) is 8.78 Å². The minimum Gasteiger partial charge on any atom is -0.297 e. The van der Waals surface area contributed by atoms with Gasteiger partial charge in [0.1, 0.15) is 23.2 Å². The summed E-state index contributed by atoms with van der Waals surface area (Å²) < 4.78 is 28.1. The first-order chi connectivity index (χ1) is 8.04. The minimum absolute atomic E-state index is 0.246. The molecule has 1 aromatic heterocycles. The Labute approximate surface area is 97.9 Å². The van der Waals surface area contributed by atoms with E-state index in [1.165, 1.54) is 12.1 Å². The lowest BCUT2D eigenvalue weighted by atomic mass is 10.2. The maximum absolute atomic E-state index is 13.7. The molecule has 4 heteroatoms. The van der Waals surface area contributed by atoms with Gasteiger partial charge in [-0.2, -0.15) is 0 Å². The third-order valence-electron chi connectivity index (χ3n) is 2.56. The van der Waals surface area contributed by atoms with Gasteiger partial charge in [0.15, 0.2) is 0 Å². The molecule has 86 valence electrons. The van der Waals surface area contributed by atoms with E-state index in [1.54, 1.807) is 18.4 Å². The van der Waals surface area contributed by atoms with Crippen LogP contribution in [0.25, 0.3) is 5.69 Å². The van der Waals surface area contributed by atoms with E-state index >= 15 is 0 Å². The van der Waals surface area contributed by atoms with Crippen molar-refractivity contribution in [1.82, 2.24) is 9.55 Å². The molecule has 0 N–H and O–H groups in total. The van der Waals surface area contributed by atoms with Crippen molar-refractivity contribution in [2.24, 2.45) is 0 Å². The second-order valence-corrected chi connectivity index (χ2v) is 3.67. The zero-order chi connectivity index (χ0) is 12.6. The highest BCUT2D eigenvalue weighted by Gasteiger charge is 2.14. The molecule has 0 aliphatic carbocycles. The van der Waals surface area contributed by atoms with Crippen LogP contribution in [-0.2, 0) is 0 Å². The van der Waals surface area contributed by atoms with Crippen molar-refractivity contribution in [3.05, 3.63) is 47.0 Å². The number of benzene rings is 1. The Hall–Kier alpha value is -2.15. The van der Waals surface area contributed by atoms with Crippen molar-refractivity contribution < 1.29 is 8.78 Å². The highest BCUT2D eigenvalue weighted by molar-refractivity contribution is 5.42. The molecule has 0 saturated heterocycles. The summed E-state index contributed by atoms with van der Waals surface area (Å²) in [4.78, 5) is 4.14. The molecule has 0 spiro atoms. The molecule has 0 radical (unpaired) electrons. The van der Waals surface area contributed by atoms with Crippen LogP contribution in [0, 0.1) is 37.8 Å². The Morgan fingerprint density at radius 2 is 2.00 bits per heavy atom. The van der Waals surface area contributed by atoms with E-state index < -0.39 is 11.6 Å². The van der Waals surface area contributed by atoms with Gasteiger partial charge < -0.3 is 0 Å². The predicted molar refractivity (Wildman–Crippen MR) is 60.9 cm³/mol. The summed E-state index contributed by atoms with van der Waals surface area (Å²) in [5.41, 5.74) is 1.37. The molecule has 2 nitrogen and oxygen atoms in total. The Morgan fingerprint density at radius 1 is 1.29 bits per heavy atom. The van der Waals surface area contributed by atoms with E-state index in [0.29, 0.717) is 17.2 Å². The van der Waals surface area contributed by atoms with Gasteiger partial charge in [0.05, 0.1) is 11.4 Å². The van der Waals surface area contributed by atoms with E-state index in [-0.39, 0.29) is 5.69 Å². The number of imidazole rings is 1. The Morgan fingerprint density at radius 3 is 2.53 bits per heavy atom. The largest absolute Gasteiger partial charge is 0.297 e. The summed E-state index contributed by atoms with van der Waals surface area (Å²) in [6.45, 7) is 3.47. The lowest BCUT2D eigenvalue weighted by molar-refractivity contribution is 0.576. The summed E-state index contributed by atoms with van der Waals surface area (Å²) in [6.07, 6.45) is 5.29. The standard InChI is InChI=1S/C13H10F2N2/c1-4-12-8(2)17(9(3)16-12)13-6-5-10(14)7-11(13)15/h1,5-7H,2-3H3. The number of rotatable bonds is 1. The third kappa shape index (κ3) is 1.80. The van der Waals surface area contributed by atoms with Crippen molar-refractivity contribution in [2.75, 3.05) is 0 Å². The summed E-state index contributed by atoms with van der Waals surface area (Å²) in [5.74, 6) is 1.75. The molecule has 0 fully saturated rings. The summed E-state index contributed by atoms with van der Waals surface area (Å²) >= 11 is 0. The van der Waals surface area contributed by atoms with Gasteiger partial charge in [-0.25, -0.2) is 13.8 Å². The number of aromatic nitrogens is 2.